The van der Waals surface area contributed by atoms with Crippen LogP contribution in [0.2, 0.25) is 10.0 Å². The number of methoxy groups -OCH3 is 1. The van der Waals surface area contributed by atoms with Gasteiger partial charge in [-0.1, -0.05) is 36.2 Å². The predicted octanol–water partition coefficient (Wildman–Crippen LogP) is 4.96. The molecule has 0 radical (unpaired) electrons. The van der Waals surface area contributed by atoms with Crippen molar-refractivity contribution in [3.8, 4) is 5.75 Å². The van der Waals surface area contributed by atoms with Gasteiger partial charge in [0.05, 0.1) is 30.3 Å². The fourth-order valence-electron chi connectivity index (χ4n) is 3.17. The summed E-state index contributed by atoms with van der Waals surface area (Å²) in [6, 6.07) is 5.20. The Labute approximate surface area is 191 Å². The molecule has 0 heterocycles. The summed E-state index contributed by atoms with van der Waals surface area (Å²) < 4.78 is 5.33. The van der Waals surface area contributed by atoms with Crippen molar-refractivity contribution in [1.29, 1.82) is 0 Å². The molecule has 0 saturated heterocycles. The number of carbonyl (C=O) groups is 2. The van der Waals surface area contributed by atoms with Crippen molar-refractivity contribution in [2.24, 2.45) is 0 Å². The Bertz CT molecular complexity index is 1030. The Balaban J connectivity index is 2.36. The molecule has 0 spiro atoms. The molecule has 8 heteroatoms. The van der Waals surface area contributed by atoms with Crippen LogP contribution in [0.3, 0.4) is 0 Å². The number of halogens is 2. The van der Waals surface area contributed by atoms with E-state index in [9.17, 15) is 14.7 Å². The molecule has 0 unspecified atom stereocenters. The van der Waals surface area contributed by atoms with Crippen LogP contribution in [0.4, 0.5) is 0 Å². The number of carboxylic acids is 1. The lowest BCUT2D eigenvalue weighted by Gasteiger charge is -2.20. The molecular formula is C23H25Cl2NO5. The first kappa shape index (κ1) is 24.7. The van der Waals surface area contributed by atoms with E-state index in [1.807, 2.05) is 26.8 Å². The Morgan fingerprint density at radius 3 is 2.42 bits per heavy atom. The van der Waals surface area contributed by atoms with Gasteiger partial charge < -0.3 is 20.3 Å². The average Bonchev–Trinajstić information content (AvgIpc) is 2.74. The number of carbonyl (C=O) groups excluding carboxylic acids is 1. The second-order valence-corrected chi connectivity index (χ2v) is 7.81. The van der Waals surface area contributed by atoms with Crippen LogP contribution in [0, 0.1) is 13.8 Å². The normalized spacial score (nSPS) is 12.4. The van der Waals surface area contributed by atoms with E-state index in [0.717, 1.165) is 16.7 Å². The van der Waals surface area contributed by atoms with E-state index in [1.54, 1.807) is 13.2 Å². The zero-order valence-corrected chi connectivity index (χ0v) is 19.3. The molecule has 1 amide bonds. The average molecular weight is 466 g/mol. The van der Waals surface area contributed by atoms with Gasteiger partial charge in [0.25, 0.3) is 0 Å². The molecule has 6 nitrogen and oxygen atoms in total. The molecule has 1 atom stereocenters. The molecule has 0 aliphatic rings. The van der Waals surface area contributed by atoms with E-state index < -0.39 is 18.6 Å². The van der Waals surface area contributed by atoms with Gasteiger partial charge >= 0.3 is 5.97 Å². The zero-order valence-electron chi connectivity index (χ0n) is 17.8. The fraction of sp³-hybridized carbons (Fsp3) is 0.304. The van der Waals surface area contributed by atoms with Crippen molar-refractivity contribution >= 4 is 41.2 Å². The van der Waals surface area contributed by atoms with Crippen molar-refractivity contribution < 1.29 is 24.5 Å². The molecule has 2 aromatic rings. The minimum atomic E-state index is -1.11. The number of nitrogens with one attached hydrogen (secondary N) is 1. The predicted molar refractivity (Wildman–Crippen MR) is 122 cm³/mol. The Kier molecular flexibility index (Phi) is 8.51. The molecule has 2 rings (SSSR count). The summed E-state index contributed by atoms with van der Waals surface area (Å²) in [5.41, 5.74) is 3.26. The number of hydrogen-bond donors (Lipinski definition) is 3. The third-order valence-electron chi connectivity index (χ3n) is 5.03. The molecule has 0 aliphatic carbocycles. The van der Waals surface area contributed by atoms with E-state index >= 15 is 0 Å². The standard InChI is InChI=1S/C23H25Cl2NO5/c1-5-14(9-17-12(2)8-20(31-4)13(3)21(17)25)22(28)26-19(11-27)16-7-6-15(23(29)30)10-18(16)24/h6-10,19,27H,5,11H2,1-4H3,(H,26,28)(H,29,30)/b14-9+/t19-/m1/s1. The van der Waals surface area contributed by atoms with Crippen molar-refractivity contribution in [1.82, 2.24) is 5.32 Å². The number of aryl methyl sites for hydroxylation is 1. The first-order valence-electron chi connectivity index (χ1n) is 9.63. The summed E-state index contributed by atoms with van der Waals surface area (Å²) in [5.74, 6) is -0.831. The maximum Gasteiger partial charge on any atom is 0.335 e. The van der Waals surface area contributed by atoms with Crippen LogP contribution in [0.1, 0.15) is 52.0 Å². The molecule has 166 valence electrons. The largest absolute Gasteiger partial charge is 0.496 e. The molecule has 0 aromatic heterocycles. The minimum Gasteiger partial charge on any atom is -0.496 e. The van der Waals surface area contributed by atoms with Gasteiger partial charge in [0.15, 0.2) is 0 Å². The van der Waals surface area contributed by atoms with E-state index in [1.165, 1.54) is 18.2 Å². The highest BCUT2D eigenvalue weighted by molar-refractivity contribution is 6.33. The van der Waals surface area contributed by atoms with E-state index in [-0.39, 0.29) is 16.5 Å². The molecule has 31 heavy (non-hydrogen) atoms. The van der Waals surface area contributed by atoms with Crippen LogP contribution in [0.5, 0.6) is 5.75 Å². The van der Waals surface area contributed by atoms with E-state index in [2.05, 4.69) is 5.32 Å². The molecule has 3 N–H and O–H groups in total. The van der Waals surface area contributed by atoms with Crippen molar-refractivity contribution in [3.63, 3.8) is 0 Å². The highest BCUT2D eigenvalue weighted by Gasteiger charge is 2.20. The van der Waals surface area contributed by atoms with Crippen LogP contribution in [-0.2, 0) is 4.79 Å². The summed E-state index contributed by atoms with van der Waals surface area (Å²) in [7, 11) is 1.57. The highest BCUT2D eigenvalue weighted by Crippen LogP contribution is 2.34. The Morgan fingerprint density at radius 2 is 1.90 bits per heavy atom. The van der Waals surface area contributed by atoms with Crippen molar-refractivity contribution in [3.05, 3.63) is 67.7 Å². The monoisotopic (exact) mass is 465 g/mol. The summed E-state index contributed by atoms with van der Waals surface area (Å²) in [6.07, 6.45) is 2.15. The number of ether oxygens (including phenoxy) is 1. The Morgan fingerprint density at radius 1 is 1.23 bits per heavy atom. The van der Waals surface area contributed by atoms with Gasteiger partial charge in [-0.2, -0.15) is 0 Å². The topological polar surface area (TPSA) is 95.9 Å². The van der Waals surface area contributed by atoms with Crippen LogP contribution in [-0.4, -0.2) is 35.8 Å². The van der Waals surface area contributed by atoms with Gasteiger partial charge in [-0.3, -0.25) is 4.79 Å². The zero-order chi connectivity index (χ0) is 23.3. The van der Waals surface area contributed by atoms with Crippen LogP contribution in [0.25, 0.3) is 6.08 Å². The first-order chi connectivity index (χ1) is 14.6. The third kappa shape index (κ3) is 5.58. The lowest BCUT2D eigenvalue weighted by molar-refractivity contribution is -0.118. The van der Waals surface area contributed by atoms with Gasteiger partial charge in [0.1, 0.15) is 5.75 Å². The maximum atomic E-state index is 12.9. The number of aliphatic hydroxyl groups excluding tert-OH is 1. The van der Waals surface area contributed by atoms with E-state index in [0.29, 0.717) is 28.3 Å². The van der Waals surface area contributed by atoms with Crippen LogP contribution in [0.15, 0.2) is 29.8 Å². The number of aromatic carboxylic acids is 1. The highest BCUT2D eigenvalue weighted by atomic mass is 35.5. The molecule has 0 bridgehead atoms. The SMILES string of the molecule is CC/C(=C\c1c(C)cc(OC)c(C)c1Cl)C(=O)N[C@H](CO)c1ccc(C(=O)O)cc1Cl. The molecule has 0 aliphatic heterocycles. The van der Waals surface area contributed by atoms with Crippen LogP contribution >= 0.6 is 23.2 Å². The van der Waals surface area contributed by atoms with Gasteiger partial charge in [-0.05, 0) is 61.2 Å². The summed E-state index contributed by atoms with van der Waals surface area (Å²) in [4.78, 5) is 24.0. The number of aliphatic hydroxyl groups is 1. The lowest BCUT2D eigenvalue weighted by Crippen LogP contribution is -2.32. The summed E-state index contributed by atoms with van der Waals surface area (Å²) in [5, 5.41) is 22.3. The van der Waals surface area contributed by atoms with Gasteiger partial charge in [-0.15, -0.1) is 0 Å². The molecule has 0 fully saturated rings. The van der Waals surface area contributed by atoms with Crippen molar-refractivity contribution in [2.75, 3.05) is 13.7 Å². The van der Waals surface area contributed by atoms with E-state index in [4.69, 9.17) is 33.0 Å². The summed E-state index contributed by atoms with van der Waals surface area (Å²) in [6.45, 7) is 5.16. The summed E-state index contributed by atoms with van der Waals surface area (Å²) >= 11 is 12.7. The number of amides is 1. The lowest BCUT2D eigenvalue weighted by atomic mass is 9.99. The molecular weight excluding hydrogens is 441 g/mol. The Hall–Kier alpha value is -2.54. The smallest absolute Gasteiger partial charge is 0.335 e. The van der Waals surface area contributed by atoms with Crippen LogP contribution < -0.4 is 10.1 Å². The first-order valence-corrected chi connectivity index (χ1v) is 10.4. The maximum absolute atomic E-state index is 12.9. The number of hydrogen-bond acceptors (Lipinski definition) is 4. The molecule has 0 saturated carbocycles. The van der Waals surface area contributed by atoms with Gasteiger partial charge in [0, 0.05) is 16.2 Å². The quantitative estimate of drug-likeness (QED) is 0.478. The second-order valence-electron chi connectivity index (χ2n) is 7.02. The molecule has 2 aromatic carbocycles. The third-order valence-corrected chi connectivity index (χ3v) is 5.84. The minimum absolute atomic E-state index is 0.0194. The number of benzene rings is 2. The second kappa shape index (κ2) is 10.7. The van der Waals surface area contributed by atoms with Crippen molar-refractivity contribution in [2.45, 2.75) is 33.2 Å². The van der Waals surface area contributed by atoms with Gasteiger partial charge in [0.2, 0.25) is 5.91 Å². The van der Waals surface area contributed by atoms with Gasteiger partial charge in [-0.25, -0.2) is 4.79 Å². The fourth-order valence-corrected chi connectivity index (χ4v) is 3.78. The number of carboxylic acid groups (broad SMARTS) is 1. The number of rotatable bonds is 8.